The maximum absolute atomic E-state index is 9.04. The highest BCUT2D eigenvalue weighted by molar-refractivity contribution is 6.30. The van der Waals surface area contributed by atoms with Crippen LogP contribution in [0.5, 0.6) is 11.6 Å². The molecule has 84 valence electrons. The predicted octanol–water partition coefficient (Wildman–Crippen LogP) is 3.71. The molecule has 17 heavy (non-hydrogen) atoms. The number of ether oxygens (including phenoxy) is 1. The molecule has 0 aliphatic rings. The largest absolute Gasteiger partial charge is 0.438 e. The lowest BCUT2D eigenvalue weighted by molar-refractivity contribution is 0.461. The van der Waals surface area contributed by atoms with Gasteiger partial charge >= 0.3 is 0 Å². The van der Waals surface area contributed by atoms with E-state index in [0.29, 0.717) is 22.2 Å². The Balaban J connectivity index is 2.37. The van der Waals surface area contributed by atoms with Crippen molar-refractivity contribution in [1.82, 2.24) is 4.98 Å². The van der Waals surface area contributed by atoms with Crippen LogP contribution >= 0.6 is 11.6 Å². The number of rotatable bonds is 2. The minimum atomic E-state index is 0.301. The summed E-state index contributed by atoms with van der Waals surface area (Å²) in [6, 6.07) is 10.8. The number of halogens is 1. The number of benzene rings is 1. The highest BCUT2D eigenvalue weighted by Gasteiger charge is 2.08. The molecule has 0 aliphatic heterocycles. The van der Waals surface area contributed by atoms with E-state index in [1.54, 1.807) is 36.5 Å². The van der Waals surface area contributed by atoms with Gasteiger partial charge in [0, 0.05) is 11.2 Å². The SMILES string of the molecule is Cc1ccnc(Oc2cccc(Cl)c2)c1C#N. The Hall–Kier alpha value is -2.05. The zero-order valence-electron chi connectivity index (χ0n) is 9.14. The molecule has 2 aromatic rings. The Morgan fingerprint density at radius 1 is 1.35 bits per heavy atom. The summed E-state index contributed by atoms with van der Waals surface area (Å²) in [7, 11) is 0. The van der Waals surface area contributed by atoms with E-state index >= 15 is 0 Å². The topological polar surface area (TPSA) is 45.9 Å². The zero-order chi connectivity index (χ0) is 12.3. The van der Waals surface area contributed by atoms with Crippen LogP contribution in [0.25, 0.3) is 0 Å². The van der Waals surface area contributed by atoms with Crippen LogP contribution in [-0.4, -0.2) is 4.98 Å². The van der Waals surface area contributed by atoms with Crippen molar-refractivity contribution in [1.29, 1.82) is 5.26 Å². The molecule has 2 rings (SSSR count). The Bertz CT molecular complexity index is 590. The second-order valence-corrected chi connectivity index (χ2v) is 3.92. The van der Waals surface area contributed by atoms with E-state index < -0.39 is 0 Å². The van der Waals surface area contributed by atoms with E-state index in [1.807, 2.05) is 6.92 Å². The van der Waals surface area contributed by atoms with Gasteiger partial charge in [-0.2, -0.15) is 5.26 Å². The molecule has 0 radical (unpaired) electrons. The molecule has 0 fully saturated rings. The van der Waals surface area contributed by atoms with Crippen molar-refractivity contribution in [3.8, 4) is 17.7 Å². The fourth-order valence-electron chi connectivity index (χ4n) is 1.39. The standard InChI is InChI=1S/C13H9ClN2O/c1-9-5-6-16-13(12(9)8-15)17-11-4-2-3-10(14)7-11/h2-7H,1H3. The van der Waals surface area contributed by atoms with Crippen LogP contribution in [0, 0.1) is 18.3 Å². The van der Waals surface area contributed by atoms with E-state index in [1.165, 1.54) is 0 Å². The normalized spacial score (nSPS) is 9.71. The summed E-state index contributed by atoms with van der Waals surface area (Å²) >= 11 is 5.85. The summed E-state index contributed by atoms with van der Waals surface area (Å²) in [6.07, 6.45) is 1.61. The summed E-state index contributed by atoms with van der Waals surface area (Å²) < 4.78 is 5.54. The molecule has 0 saturated heterocycles. The molecule has 1 aromatic carbocycles. The van der Waals surface area contributed by atoms with E-state index in [2.05, 4.69) is 11.1 Å². The monoisotopic (exact) mass is 244 g/mol. The van der Waals surface area contributed by atoms with Crippen molar-refractivity contribution < 1.29 is 4.74 Å². The molecular formula is C13H9ClN2O. The molecule has 0 amide bonds. The van der Waals surface area contributed by atoms with Crippen molar-refractivity contribution in [3.63, 3.8) is 0 Å². The van der Waals surface area contributed by atoms with E-state index in [4.69, 9.17) is 21.6 Å². The van der Waals surface area contributed by atoms with Crippen molar-refractivity contribution in [2.45, 2.75) is 6.92 Å². The second kappa shape index (κ2) is 4.86. The van der Waals surface area contributed by atoms with Gasteiger partial charge in [-0.25, -0.2) is 4.98 Å². The lowest BCUT2D eigenvalue weighted by Gasteiger charge is -2.07. The van der Waals surface area contributed by atoms with Crippen LogP contribution in [0.2, 0.25) is 5.02 Å². The maximum atomic E-state index is 9.04. The van der Waals surface area contributed by atoms with Crippen LogP contribution in [0.15, 0.2) is 36.5 Å². The first kappa shape index (κ1) is 11.4. The molecule has 0 bridgehead atoms. The molecule has 0 atom stereocenters. The first-order valence-corrected chi connectivity index (χ1v) is 5.37. The maximum Gasteiger partial charge on any atom is 0.237 e. The number of hydrogen-bond donors (Lipinski definition) is 0. The molecule has 4 heteroatoms. The number of pyridine rings is 1. The molecular weight excluding hydrogens is 236 g/mol. The highest BCUT2D eigenvalue weighted by Crippen LogP contribution is 2.26. The first-order valence-electron chi connectivity index (χ1n) is 5.00. The summed E-state index contributed by atoms with van der Waals surface area (Å²) in [5, 5.41) is 9.61. The van der Waals surface area contributed by atoms with Gasteiger partial charge < -0.3 is 4.74 Å². The second-order valence-electron chi connectivity index (χ2n) is 3.48. The minimum absolute atomic E-state index is 0.301. The lowest BCUT2D eigenvalue weighted by Crippen LogP contribution is -1.93. The van der Waals surface area contributed by atoms with Gasteiger partial charge in [0.25, 0.3) is 0 Å². The fraction of sp³-hybridized carbons (Fsp3) is 0.0769. The average molecular weight is 245 g/mol. The molecule has 0 aliphatic carbocycles. The summed E-state index contributed by atoms with van der Waals surface area (Å²) in [5.41, 5.74) is 1.27. The van der Waals surface area contributed by atoms with E-state index in [0.717, 1.165) is 5.56 Å². The molecule has 0 spiro atoms. The lowest BCUT2D eigenvalue weighted by atomic mass is 10.2. The third kappa shape index (κ3) is 2.55. The van der Waals surface area contributed by atoms with Gasteiger partial charge in [-0.05, 0) is 36.8 Å². The summed E-state index contributed by atoms with van der Waals surface area (Å²) in [6.45, 7) is 1.84. The van der Waals surface area contributed by atoms with Crippen LogP contribution in [0.4, 0.5) is 0 Å². The Morgan fingerprint density at radius 2 is 2.18 bits per heavy atom. The number of aromatic nitrogens is 1. The fourth-order valence-corrected chi connectivity index (χ4v) is 1.57. The molecule has 1 heterocycles. The van der Waals surface area contributed by atoms with Crippen molar-refractivity contribution in [2.24, 2.45) is 0 Å². The molecule has 0 unspecified atom stereocenters. The number of aryl methyl sites for hydroxylation is 1. The number of hydrogen-bond acceptors (Lipinski definition) is 3. The van der Waals surface area contributed by atoms with Crippen molar-refractivity contribution >= 4 is 11.6 Å². The van der Waals surface area contributed by atoms with Gasteiger partial charge in [0.15, 0.2) is 0 Å². The van der Waals surface area contributed by atoms with Gasteiger partial charge in [0.2, 0.25) is 5.88 Å². The van der Waals surface area contributed by atoms with Crippen LogP contribution in [-0.2, 0) is 0 Å². The van der Waals surface area contributed by atoms with Gasteiger partial charge in [0.1, 0.15) is 17.4 Å². The van der Waals surface area contributed by atoms with Gasteiger partial charge in [-0.3, -0.25) is 0 Å². The van der Waals surface area contributed by atoms with Crippen molar-refractivity contribution in [2.75, 3.05) is 0 Å². The van der Waals surface area contributed by atoms with Gasteiger partial charge in [-0.1, -0.05) is 17.7 Å². The average Bonchev–Trinajstić information content (AvgIpc) is 2.29. The van der Waals surface area contributed by atoms with E-state index in [-0.39, 0.29) is 0 Å². The smallest absolute Gasteiger partial charge is 0.237 e. The minimum Gasteiger partial charge on any atom is -0.438 e. The Morgan fingerprint density at radius 3 is 2.88 bits per heavy atom. The Labute approximate surface area is 104 Å². The summed E-state index contributed by atoms with van der Waals surface area (Å²) in [5.74, 6) is 0.863. The highest BCUT2D eigenvalue weighted by atomic mass is 35.5. The van der Waals surface area contributed by atoms with Crippen LogP contribution < -0.4 is 4.74 Å². The third-order valence-corrected chi connectivity index (χ3v) is 2.48. The van der Waals surface area contributed by atoms with Gasteiger partial charge in [-0.15, -0.1) is 0 Å². The molecule has 3 nitrogen and oxygen atoms in total. The molecule has 1 aromatic heterocycles. The zero-order valence-corrected chi connectivity index (χ0v) is 9.90. The van der Waals surface area contributed by atoms with Crippen LogP contribution in [0.1, 0.15) is 11.1 Å². The van der Waals surface area contributed by atoms with E-state index in [9.17, 15) is 0 Å². The number of nitriles is 1. The molecule has 0 N–H and O–H groups in total. The Kier molecular flexibility index (Phi) is 3.27. The number of nitrogens with zero attached hydrogens (tertiary/aromatic N) is 2. The molecule has 0 saturated carbocycles. The quantitative estimate of drug-likeness (QED) is 0.809. The first-order chi connectivity index (χ1) is 8.20. The summed E-state index contributed by atoms with van der Waals surface area (Å²) in [4.78, 5) is 4.05. The third-order valence-electron chi connectivity index (χ3n) is 2.25. The van der Waals surface area contributed by atoms with Gasteiger partial charge in [0.05, 0.1) is 0 Å². The van der Waals surface area contributed by atoms with Crippen LogP contribution in [0.3, 0.4) is 0 Å². The predicted molar refractivity (Wildman–Crippen MR) is 65.2 cm³/mol. The van der Waals surface area contributed by atoms with Crippen molar-refractivity contribution in [3.05, 3.63) is 52.7 Å².